The number of hydrogen-bond donors (Lipinski definition) is 2. The Labute approximate surface area is 212 Å². The summed E-state index contributed by atoms with van der Waals surface area (Å²) in [5.41, 5.74) is -2.06. The molecule has 0 saturated carbocycles. The fourth-order valence-corrected chi connectivity index (χ4v) is 4.33. The number of nitrogens with zero attached hydrogens (tertiary/aromatic N) is 5. The topological polar surface area (TPSA) is 128 Å². The monoisotopic (exact) mass is 558 g/mol. The van der Waals surface area contributed by atoms with Gasteiger partial charge in [-0.25, -0.2) is 18.7 Å². The zero-order chi connectivity index (χ0) is 27.7. The van der Waals surface area contributed by atoms with Crippen LogP contribution < -0.4 is 5.32 Å². The van der Waals surface area contributed by atoms with Crippen LogP contribution in [-0.4, -0.2) is 54.8 Å². The first-order chi connectivity index (χ1) is 17.8. The standard InChI is InChI=1S/C22H20F5N6O4P/c1-21(22(25,26)27,37-38(2,34)35)12-29-19-15(24)10-28-20(30-19)17-9-18(16-7-8-36-32-16)33(31-17)11-13-5-3-4-6-14(13)23/h3-10H,11-12H2,1-2H3,(H,34,35)(H,28,29,30). The van der Waals surface area contributed by atoms with E-state index in [0.29, 0.717) is 30.5 Å². The lowest BCUT2D eigenvalue weighted by Gasteiger charge is -2.32. The number of benzene rings is 1. The summed E-state index contributed by atoms with van der Waals surface area (Å²) in [6.45, 7) is -0.0275. The summed E-state index contributed by atoms with van der Waals surface area (Å²) in [5.74, 6) is -2.38. The highest BCUT2D eigenvalue weighted by Gasteiger charge is 2.55. The molecule has 38 heavy (non-hydrogen) atoms. The van der Waals surface area contributed by atoms with Crippen LogP contribution >= 0.6 is 7.60 Å². The van der Waals surface area contributed by atoms with Crippen LogP contribution in [0.15, 0.2) is 53.4 Å². The van der Waals surface area contributed by atoms with Gasteiger partial charge in [0.25, 0.3) is 0 Å². The van der Waals surface area contributed by atoms with Gasteiger partial charge in [-0.3, -0.25) is 13.8 Å². The number of halogens is 5. The molecule has 0 radical (unpaired) electrons. The molecule has 0 bridgehead atoms. The Hall–Kier alpha value is -3.68. The summed E-state index contributed by atoms with van der Waals surface area (Å²) in [6, 6.07) is 9.01. The molecule has 4 rings (SSSR count). The number of nitrogens with one attached hydrogen (secondary N) is 1. The average molecular weight is 558 g/mol. The van der Waals surface area contributed by atoms with Crippen molar-refractivity contribution >= 4 is 13.4 Å². The Balaban J connectivity index is 1.67. The highest BCUT2D eigenvalue weighted by atomic mass is 31.2. The van der Waals surface area contributed by atoms with E-state index < -0.39 is 43.4 Å². The van der Waals surface area contributed by atoms with E-state index in [-0.39, 0.29) is 18.1 Å². The molecule has 0 amide bonds. The van der Waals surface area contributed by atoms with Crippen molar-refractivity contribution in [3.8, 4) is 22.9 Å². The van der Waals surface area contributed by atoms with Crippen LogP contribution in [0.5, 0.6) is 0 Å². The van der Waals surface area contributed by atoms with Gasteiger partial charge in [-0.1, -0.05) is 23.4 Å². The molecule has 16 heteroatoms. The number of anilines is 1. The lowest BCUT2D eigenvalue weighted by atomic mass is 10.1. The van der Waals surface area contributed by atoms with Crippen molar-refractivity contribution in [2.75, 3.05) is 18.5 Å². The summed E-state index contributed by atoms with van der Waals surface area (Å²) < 4.78 is 91.7. The van der Waals surface area contributed by atoms with Gasteiger partial charge in [0.2, 0.25) is 0 Å². The Morgan fingerprint density at radius 1 is 1.16 bits per heavy atom. The maximum Gasteiger partial charge on any atom is 0.419 e. The summed E-state index contributed by atoms with van der Waals surface area (Å²) >= 11 is 0. The lowest BCUT2D eigenvalue weighted by molar-refractivity contribution is -0.237. The van der Waals surface area contributed by atoms with E-state index >= 15 is 0 Å². The van der Waals surface area contributed by atoms with Gasteiger partial charge < -0.3 is 14.7 Å². The van der Waals surface area contributed by atoms with Gasteiger partial charge in [0, 0.05) is 18.3 Å². The maximum atomic E-state index is 14.4. The molecule has 3 aromatic heterocycles. The predicted octanol–water partition coefficient (Wildman–Crippen LogP) is 4.89. The maximum absolute atomic E-state index is 14.4. The van der Waals surface area contributed by atoms with Crippen LogP contribution in [-0.2, 0) is 15.6 Å². The molecule has 2 unspecified atom stereocenters. The van der Waals surface area contributed by atoms with Gasteiger partial charge in [-0.05, 0) is 19.1 Å². The Morgan fingerprint density at radius 2 is 1.89 bits per heavy atom. The first-order valence-corrected chi connectivity index (χ1v) is 12.8. The molecule has 0 aliphatic rings. The second-order valence-corrected chi connectivity index (χ2v) is 10.2. The molecule has 4 aromatic rings. The molecule has 3 heterocycles. The van der Waals surface area contributed by atoms with E-state index in [2.05, 4.69) is 30.1 Å². The summed E-state index contributed by atoms with van der Waals surface area (Å²) in [4.78, 5) is 17.2. The number of aromatic nitrogens is 5. The van der Waals surface area contributed by atoms with Gasteiger partial charge in [0.05, 0.1) is 25.0 Å². The number of alkyl halides is 3. The van der Waals surface area contributed by atoms with Gasteiger partial charge in [-0.2, -0.15) is 18.3 Å². The smallest absolute Gasteiger partial charge is 0.364 e. The van der Waals surface area contributed by atoms with Crippen molar-refractivity contribution in [3.63, 3.8) is 0 Å². The van der Waals surface area contributed by atoms with Crippen LogP contribution in [0.1, 0.15) is 12.5 Å². The Morgan fingerprint density at radius 3 is 2.53 bits per heavy atom. The fraction of sp³-hybridized carbons (Fsp3) is 0.273. The predicted molar refractivity (Wildman–Crippen MR) is 124 cm³/mol. The van der Waals surface area contributed by atoms with Crippen molar-refractivity contribution < 1.29 is 40.5 Å². The molecule has 1 aromatic carbocycles. The Kier molecular flexibility index (Phi) is 7.37. The minimum absolute atomic E-state index is 0.0271. The van der Waals surface area contributed by atoms with Crippen LogP contribution in [0.25, 0.3) is 22.9 Å². The SMILES string of the molecule is CC(CNc1nc(-c2cc(-c3ccon3)n(Cc3ccccc3F)n2)ncc1F)(OP(C)(=O)O)C(F)(F)F. The van der Waals surface area contributed by atoms with E-state index in [4.69, 9.17) is 4.52 Å². The number of rotatable bonds is 9. The molecule has 10 nitrogen and oxygen atoms in total. The summed E-state index contributed by atoms with van der Waals surface area (Å²) in [7, 11) is -4.57. The third-order valence-electron chi connectivity index (χ3n) is 5.30. The Bertz CT molecular complexity index is 1470. The van der Waals surface area contributed by atoms with Crippen molar-refractivity contribution in [2.24, 2.45) is 0 Å². The highest BCUT2D eigenvalue weighted by molar-refractivity contribution is 7.51. The van der Waals surface area contributed by atoms with Crippen LogP contribution in [0.3, 0.4) is 0 Å². The summed E-state index contributed by atoms with van der Waals surface area (Å²) in [6.07, 6.45) is -3.05. The van der Waals surface area contributed by atoms with E-state index in [1.165, 1.54) is 35.2 Å². The fourth-order valence-electron chi connectivity index (χ4n) is 3.41. The van der Waals surface area contributed by atoms with Gasteiger partial charge in [-0.15, -0.1) is 0 Å². The van der Waals surface area contributed by atoms with Gasteiger partial charge in [0.1, 0.15) is 23.5 Å². The third-order valence-corrected chi connectivity index (χ3v) is 6.04. The quantitative estimate of drug-likeness (QED) is 0.218. The van der Waals surface area contributed by atoms with E-state index in [0.717, 1.165) is 6.20 Å². The zero-order valence-corrected chi connectivity index (χ0v) is 20.7. The van der Waals surface area contributed by atoms with E-state index in [1.807, 2.05) is 0 Å². The zero-order valence-electron chi connectivity index (χ0n) is 19.8. The van der Waals surface area contributed by atoms with E-state index in [9.17, 15) is 31.4 Å². The van der Waals surface area contributed by atoms with Crippen LogP contribution in [0.2, 0.25) is 0 Å². The molecule has 0 spiro atoms. The highest BCUT2D eigenvalue weighted by Crippen LogP contribution is 2.47. The molecular formula is C22H20F5N6O4P. The largest absolute Gasteiger partial charge is 0.419 e. The molecule has 0 aliphatic carbocycles. The van der Waals surface area contributed by atoms with Gasteiger partial charge in [0.15, 0.2) is 23.1 Å². The molecule has 0 saturated heterocycles. The van der Waals surface area contributed by atoms with Crippen LogP contribution in [0.4, 0.5) is 27.8 Å². The van der Waals surface area contributed by atoms with Crippen molar-refractivity contribution in [3.05, 3.63) is 66.1 Å². The van der Waals surface area contributed by atoms with Gasteiger partial charge >= 0.3 is 13.8 Å². The van der Waals surface area contributed by atoms with Crippen molar-refractivity contribution in [2.45, 2.75) is 25.2 Å². The first kappa shape index (κ1) is 27.4. The van der Waals surface area contributed by atoms with Crippen LogP contribution in [0, 0.1) is 11.6 Å². The molecule has 202 valence electrons. The minimum atomic E-state index is -5.08. The average Bonchev–Trinajstić information content (AvgIpc) is 3.48. The lowest BCUT2D eigenvalue weighted by Crippen LogP contribution is -2.49. The van der Waals surface area contributed by atoms with Crippen molar-refractivity contribution in [1.82, 2.24) is 24.9 Å². The molecular weight excluding hydrogens is 538 g/mol. The molecule has 0 fully saturated rings. The summed E-state index contributed by atoms with van der Waals surface area (Å²) in [5, 5.41) is 10.4. The normalized spacial score (nSPS) is 15.2. The second-order valence-electron chi connectivity index (χ2n) is 8.42. The molecule has 2 N–H and O–H groups in total. The molecule has 2 atom stereocenters. The molecule has 0 aliphatic heterocycles. The van der Waals surface area contributed by atoms with E-state index in [1.54, 1.807) is 12.1 Å². The minimum Gasteiger partial charge on any atom is -0.364 e. The first-order valence-electron chi connectivity index (χ1n) is 10.8. The second kappa shape index (κ2) is 10.2. The number of hydrogen-bond acceptors (Lipinski definition) is 8. The van der Waals surface area contributed by atoms with Crippen molar-refractivity contribution in [1.29, 1.82) is 0 Å². The third kappa shape index (κ3) is 6.06.